The van der Waals surface area contributed by atoms with Gasteiger partial charge in [0.05, 0.1) is 26.1 Å². The van der Waals surface area contributed by atoms with Gasteiger partial charge < -0.3 is 30.2 Å². The molecule has 162 valence electrons. The summed E-state index contributed by atoms with van der Waals surface area (Å²) in [7, 11) is 4.96. The molecular weight excluding hydrogens is 396 g/mol. The molecular formula is C22H26N6O3. The number of fused-ring (bicyclic) bond motifs is 1. The van der Waals surface area contributed by atoms with Crippen LogP contribution in [0, 0.1) is 5.41 Å². The maximum atomic E-state index is 9.41. The number of hydrogen-bond donors (Lipinski definition) is 3. The summed E-state index contributed by atoms with van der Waals surface area (Å²) in [6, 6.07) is 9.28. The van der Waals surface area contributed by atoms with Crippen LogP contribution in [0.15, 0.2) is 42.7 Å². The summed E-state index contributed by atoms with van der Waals surface area (Å²) in [6.45, 7) is 0.580. The second-order valence-electron chi connectivity index (χ2n) is 6.60. The third-order valence-electron chi connectivity index (χ3n) is 4.61. The molecule has 31 heavy (non-hydrogen) atoms. The minimum atomic E-state index is 0.0483. The molecule has 2 heterocycles. The van der Waals surface area contributed by atoms with Crippen LogP contribution < -0.4 is 19.7 Å². The number of aliphatic hydroxyl groups excluding tert-OH is 1. The molecule has 3 N–H and O–H groups in total. The van der Waals surface area contributed by atoms with Gasteiger partial charge in [-0.1, -0.05) is 0 Å². The van der Waals surface area contributed by atoms with E-state index in [1.807, 2.05) is 29.2 Å². The first-order valence-electron chi connectivity index (χ1n) is 9.77. The van der Waals surface area contributed by atoms with Gasteiger partial charge in [-0.25, -0.2) is 9.97 Å². The fourth-order valence-electron chi connectivity index (χ4n) is 3.08. The number of hydrogen-bond acceptors (Lipinski definition) is 9. The number of allylic oxidation sites excluding steroid dienone is 1. The molecule has 9 heteroatoms. The average molecular weight is 422 g/mol. The zero-order valence-corrected chi connectivity index (χ0v) is 17.8. The van der Waals surface area contributed by atoms with E-state index in [4.69, 9.17) is 19.9 Å². The molecule has 0 unspecified atom stereocenters. The lowest BCUT2D eigenvalue weighted by molar-refractivity contribution is 0.290. The number of nitrogens with zero attached hydrogens (tertiary/aromatic N) is 4. The van der Waals surface area contributed by atoms with Crippen LogP contribution >= 0.6 is 0 Å². The SMILES string of the molecule is CN/C=C(\C=N)c1cnc2ccc(N(CCCO)c3cc(OC)cc(OC)c3)nc2n1. The molecule has 0 spiro atoms. The smallest absolute Gasteiger partial charge is 0.180 e. The zero-order valence-electron chi connectivity index (χ0n) is 17.8. The minimum Gasteiger partial charge on any atom is -0.497 e. The first-order valence-corrected chi connectivity index (χ1v) is 9.77. The second-order valence-corrected chi connectivity index (χ2v) is 6.60. The van der Waals surface area contributed by atoms with Crippen LogP contribution in [0.3, 0.4) is 0 Å². The average Bonchev–Trinajstić information content (AvgIpc) is 2.82. The standard InChI is InChI=1S/C22H26N6O3/c1-24-13-15(12-23)20-14-25-19-5-6-21(27-22(19)26-20)28(7-4-8-29)16-9-17(30-2)11-18(10-16)31-3/h5-6,9-14,23-24,29H,4,7-8H2,1-3H3/b15-13+,23-12?. The van der Waals surface area contributed by atoms with Gasteiger partial charge in [0.1, 0.15) is 22.8 Å². The van der Waals surface area contributed by atoms with Crippen molar-refractivity contribution in [3.05, 3.63) is 48.4 Å². The van der Waals surface area contributed by atoms with Gasteiger partial charge in [-0.2, -0.15) is 0 Å². The number of ether oxygens (including phenoxy) is 2. The number of anilines is 2. The molecule has 0 amide bonds. The van der Waals surface area contributed by atoms with Crippen molar-refractivity contribution >= 4 is 34.5 Å². The fraction of sp³-hybridized carbons (Fsp3) is 0.273. The van der Waals surface area contributed by atoms with E-state index in [1.165, 1.54) is 6.21 Å². The van der Waals surface area contributed by atoms with E-state index in [1.54, 1.807) is 39.7 Å². The molecule has 3 aromatic rings. The topological polar surface area (TPSA) is 116 Å². The van der Waals surface area contributed by atoms with Crippen LogP contribution in [0.1, 0.15) is 12.1 Å². The summed E-state index contributed by atoms with van der Waals surface area (Å²) in [6.07, 6.45) is 5.07. The molecule has 0 atom stereocenters. The van der Waals surface area contributed by atoms with Crippen molar-refractivity contribution in [2.24, 2.45) is 0 Å². The Labute approximate surface area is 180 Å². The number of pyridine rings is 1. The van der Waals surface area contributed by atoms with Crippen molar-refractivity contribution in [3.8, 4) is 11.5 Å². The summed E-state index contributed by atoms with van der Waals surface area (Å²) in [5.74, 6) is 1.95. The Morgan fingerprint density at radius 1 is 1.16 bits per heavy atom. The van der Waals surface area contributed by atoms with Gasteiger partial charge >= 0.3 is 0 Å². The highest BCUT2D eigenvalue weighted by atomic mass is 16.5. The monoisotopic (exact) mass is 422 g/mol. The normalized spacial score (nSPS) is 11.3. The van der Waals surface area contributed by atoms with Crippen molar-refractivity contribution < 1.29 is 14.6 Å². The largest absolute Gasteiger partial charge is 0.497 e. The number of rotatable bonds is 10. The van der Waals surface area contributed by atoms with E-state index < -0.39 is 0 Å². The molecule has 2 aromatic heterocycles. The molecule has 0 radical (unpaired) electrons. The molecule has 3 rings (SSSR count). The lowest BCUT2D eigenvalue weighted by atomic mass is 10.2. The Morgan fingerprint density at radius 2 is 1.90 bits per heavy atom. The molecule has 0 aliphatic rings. The lowest BCUT2D eigenvalue weighted by Crippen LogP contribution is -2.21. The molecule has 0 bridgehead atoms. The fourth-order valence-corrected chi connectivity index (χ4v) is 3.08. The number of nitrogens with one attached hydrogen (secondary N) is 2. The lowest BCUT2D eigenvalue weighted by Gasteiger charge is -2.24. The van der Waals surface area contributed by atoms with Crippen LogP contribution in [0.4, 0.5) is 11.5 Å². The number of methoxy groups -OCH3 is 2. The Balaban J connectivity index is 2.09. The highest BCUT2D eigenvalue weighted by Gasteiger charge is 2.15. The third-order valence-corrected chi connectivity index (χ3v) is 4.61. The van der Waals surface area contributed by atoms with Gasteiger partial charge in [-0.3, -0.25) is 4.98 Å². The first kappa shape index (κ1) is 22.0. The van der Waals surface area contributed by atoms with E-state index in [0.717, 1.165) is 5.69 Å². The van der Waals surface area contributed by atoms with E-state index in [2.05, 4.69) is 15.3 Å². The van der Waals surface area contributed by atoms with Gasteiger partial charge in [-0.05, 0) is 18.6 Å². The molecule has 0 aliphatic heterocycles. The van der Waals surface area contributed by atoms with E-state index in [-0.39, 0.29) is 6.61 Å². The molecule has 9 nitrogen and oxygen atoms in total. The molecule has 1 aromatic carbocycles. The summed E-state index contributed by atoms with van der Waals surface area (Å²) in [5.41, 5.74) is 3.07. The number of aromatic nitrogens is 3. The predicted molar refractivity (Wildman–Crippen MR) is 121 cm³/mol. The summed E-state index contributed by atoms with van der Waals surface area (Å²) in [4.78, 5) is 15.7. The number of aliphatic hydroxyl groups is 1. The van der Waals surface area contributed by atoms with Gasteiger partial charge in [0, 0.05) is 62.1 Å². The second kappa shape index (κ2) is 10.4. The van der Waals surface area contributed by atoms with Gasteiger partial charge in [0.25, 0.3) is 0 Å². The van der Waals surface area contributed by atoms with Crippen molar-refractivity contribution in [3.63, 3.8) is 0 Å². The zero-order chi connectivity index (χ0) is 22.2. The quantitative estimate of drug-likeness (QED) is 0.427. The maximum absolute atomic E-state index is 9.41. The van der Waals surface area contributed by atoms with Gasteiger partial charge in [-0.15, -0.1) is 0 Å². The van der Waals surface area contributed by atoms with Gasteiger partial charge in [0.15, 0.2) is 5.65 Å². The molecule has 0 saturated heterocycles. The third kappa shape index (κ3) is 5.07. The van der Waals surface area contributed by atoms with Crippen LogP contribution in [-0.2, 0) is 0 Å². The van der Waals surface area contributed by atoms with Crippen LogP contribution in [0.2, 0.25) is 0 Å². The van der Waals surface area contributed by atoms with Gasteiger partial charge in [0.2, 0.25) is 0 Å². The van der Waals surface area contributed by atoms with Crippen molar-refractivity contribution in [2.45, 2.75) is 6.42 Å². The minimum absolute atomic E-state index is 0.0483. The van der Waals surface area contributed by atoms with E-state index in [9.17, 15) is 5.11 Å². The Hall–Kier alpha value is -3.72. The summed E-state index contributed by atoms with van der Waals surface area (Å²) < 4.78 is 10.8. The van der Waals surface area contributed by atoms with Crippen molar-refractivity contribution in [1.82, 2.24) is 20.3 Å². The first-order chi connectivity index (χ1) is 15.1. The van der Waals surface area contributed by atoms with Crippen molar-refractivity contribution in [2.75, 3.05) is 39.3 Å². The summed E-state index contributed by atoms with van der Waals surface area (Å²) >= 11 is 0. The predicted octanol–water partition coefficient (Wildman–Crippen LogP) is 2.77. The van der Waals surface area contributed by atoms with E-state index in [0.29, 0.717) is 52.7 Å². The van der Waals surface area contributed by atoms with Crippen LogP contribution in [0.25, 0.3) is 16.7 Å². The van der Waals surface area contributed by atoms with Crippen LogP contribution in [-0.4, -0.2) is 60.7 Å². The highest BCUT2D eigenvalue weighted by molar-refractivity contribution is 6.07. The Kier molecular flexibility index (Phi) is 7.34. The molecule has 0 saturated carbocycles. The molecule has 0 aliphatic carbocycles. The number of benzene rings is 1. The highest BCUT2D eigenvalue weighted by Crippen LogP contribution is 2.32. The summed E-state index contributed by atoms with van der Waals surface area (Å²) in [5, 5.41) is 19.9. The van der Waals surface area contributed by atoms with E-state index >= 15 is 0 Å². The molecule has 0 fully saturated rings. The van der Waals surface area contributed by atoms with Crippen LogP contribution in [0.5, 0.6) is 11.5 Å². The Bertz CT molecular complexity index is 1060. The Morgan fingerprint density at radius 3 is 2.52 bits per heavy atom. The van der Waals surface area contributed by atoms with Crippen molar-refractivity contribution in [1.29, 1.82) is 5.41 Å². The maximum Gasteiger partial charge on any atom is 0.180 e.